The monoisotopic (exact) mass is 382 g/mol. The van der Waals surface area contributed by atoms with Gasteiger partial charge in [0.2, 0.25) is 0 Å². The highest BCUT2D eigenvalue weighted by atomic mass is 16.5. The standard InChI is InChI=1S/C22H30N4O2/c1-3-18(2)28-21-10-5-4-9-20(21)24-22(27)26-13-7-12-25(14-15-26)17-19-8-6-11-23-16-19/h4-6,8-11,16,18H,3,7,12-15,17H2,1-2H3,(H,24,27). The van der Waals surface area contributed by atoms with Crippen molar-refractivity contribution in [2.24, 2.45) is 0 Å². The number of hydrogen-bond acceptors (Lipinski definition) is 4. The molecule has 3 rings (SSSR count). The Bertz CT molecular complexity index is 753. The predicted octanol–water partition coefficient (Wildman–Crippen LogP) is 4.00. The maximum Gasteiger partial charge on any atom is 0.321 e. The quantitative estimate of drug-likeness (QED) is 0.820. The zero-order valence-corrected chi connectivity index (χ0v) is 16.8. The average Bonchev–Trinajstić information content (AvgIpc) is 2.96. The van der Waals surface area contributed by atoms with E-state index in [0.717, 1.165) is 50.5 Å². The fourth-order valence-electron chi connectivity index (χ4n) is 3.25. The normalized spacial score (nSPS) is 16.3. The van der Waals surface area contributed by atoms with Gasteiger partial charge in [0, 0.05) is 45.1 Å². The fourth-order valence-corrected chi connectivity index (χ4v) is 3.25. The summed E-state index contributed by atoms with van der Waals surface area (Å²) in [4.78, 5) is 21.3. The van der Waals surface area contributed by atoms with Gasteiger partial charge in [-0.2, -0.15) is 0 Å². The van der Waals surface area contributed by atoms with E-state index < -0.39 is 0 Å². The maximum absolute atomic E-state index is 12.8. The van der Waals surface area contributed by atoms with E-state index in [4.69, 9.17) is 4.74 Å². The summed E-state index contributed by atoms with van der Waals surface area (Å²) in [7, 11) is 0. The first kappa shape index (κ1) is 20.1. The molecule has 0 bridgehead atoms. The Kier molecular flexibility index (Phi) is 7.25. The van der Waals surface area contributed by atoms with Crippen LogP contribution in [0.25, 0.3) is 0 Å². The van der Waals surface area contributed by atoms with E-state index >= 15 is 0 Å². The summed E-state index contributed by atoms with van der Waals surface area (Å²) in [5, 5.41) is 3.04. The van der Waals surface area contributed by atoms with Gasteiger partial charge in [0.25, 0.3) is 0 Å². The van der Waals surface area contributed by atoms with Crippen molar-refractivity contribution in [1.82, 2.24) is 14.8 Å². The molecule has 0 saturated carbocycles. The van der Waals surface area contributed by atoms with Crippen molar-refractivity contribution >= 4 is 11.7 Å². The van der Waals surface area contributed by atoms with Crippen LogP contribution in [0.15, 0.2) is 48.8 Å². The van der Waals surface area contributed by atoms with Gasteiger partial charge in [-0.25, -0.2) is 4.79 Å². The van der Waals surface area contributed by atoms with Gasteiger partial charge < -0.3 is 15.0 Å². The summed E-state index contributed by atoms with van der Waals surface area (Å²) < 4.78 is 5.94. The summed E-state index contributed by atoms with van der Waals surface area (Å²) in [6.45, 7) is 8.28. The van der Waals surface area contributed by atoms with Crippen molar-refractivity contribution in [2.75, 3.05) is 31.5 Å². The van der Waals surface area contributed by atoms with E-state index in [1.807, 2.05) is 48.4 Å². The number of para-hydroxylation sites is 2. The van der Waals surface area contributed by atoms with Crippen molar-refractivity contribution in [3.63, 3.8) is 0 Å². The van der Waals surface area contributed by atoms with E-state index in [1.165, 1.54) is 5.56 Å². The molecule has 1 aliphatic rings. The number of carbonyl (C=O) groups is 1. The largest absolute Gasteiger partial charge is 0.489 e. The topological polar surface area (TPSA) is 57.7 Å². The van der Waals surface area contributed by atoms with Crippen LogP contribution in [0.1, 0.15) is 32.3 Å². The predicted molar refractivity (Wildman–Crippen MR) is 112 cm³/mol. The first-order valence-electron chi connectivity index (χ1n) is 10.1. The molecule has 1 N–H and O–H groups in total. The van der Waals surface area contributed by atoms with Crippen LogP contribution in [0, 0.1) is 0 Å². The molecule has 0 aliphatic carbocycles. The summed E-state index contributed by atoms with van der Waals surface area (Å²) in [6, 6.07) is 11.6. The number of nitrogens with one attached hydrogen (secondary N) is 1. The molecule has 1 atom stereocenters. The number of carbonyl (C=O) groups excluding carboxylic acids is 1. The van der Waals surface area contributed by atoms with Crippen LogP contribution in [0.2, 0.25) is 0 Å². The third-order valence-corrected chi connectivity index (χ3v) is 5.04. The second kappa shape index (κ2) is 10.1. The zero-order chi connectivity index (χ0) is 19.8. The summed E-state index contributed by atoms with van der Waals surface area (Å²) in [5.41, 5.74) is 1.93. The molecule has 1 aliphatic heterocycles. The number of nitrogens with zero attached hydrogens (tertiary/aromatic N) is 3. The van der Waals surface area contributed by atoms with E-state index in [0.29, 0.717) is 6.54 Å². The molecule has 0 spiro atoms. The molecule has 2 aromatic rings. The van der Waals surface area contributed by atoms with Crippen LogP contribution in [0.4, 0.5) is 10.5 Å². The van der Waals surface area contributed by atoms with Crippen molar-refractivity contribution in [1.29, 1.82) is 0 Å². The molecule has 0 radical (unpaired) electrons. The van der Waals surface area contributed by atoms with Gasteiger partial charge in [-0.3, -0.25) is 9.88 Å². The van der Waals surface area contributed by atoms with E-state index in [-0.39, 0.29) is 12.1 Å². The molecule has 6 heteroatoms. The first-order valence-corrected chi connectivity index (χ1v) is 10.1. The number of aromatic nitrogens is 1. The minimum absolute atomic E-state index is 0.0663. The Hall–Kier alpha value is -2.60. The number of benzene rings is 1. The van der Waals surface area contributed by atoms with E-state index in [1.54, 1.807) is 6.20 Å². The second-order valence-corrected chi connectivity index (χ2v) is 7.24. The van der Waals surface area contributed by atoms with Crippen LogP contribution in [-0.2, 0) is 6.54 Å². The van der Waals surface area contributed by atoms with Gasteiger partial charge in [0.05, 0.1) is 11.8 Å². The lowest BCUT2D eigenvalue weighted by Crippen LogP contribution is -2.38. The number of pyridine rings is 1. The number of anilines is 1. The van der Waals surface area contributed by atoms with Crippen molar-refractivity contribution in [2.45, 2.75) is 39.3 Å². The number of urea groups is 1. The smallest absolute Gasteiger partial charge is 0.321 e. The highest BCUT2D eigenvalue weighted by Crippen LogP contribution is 2.26. The fraction of sp³-hybridized carbons (Fsp3) is 0.455. The molecule has 1 unspecified atom stereocenters. The molecule has 1 saturated heterocycles. The molecular formula is C22H30N4O2. The van der Waals surface area contributed by atoms with Crippen molar-refractivity contribution in [3.05, 3.63) is 54.4 Å². The van der Waals surface area contributed by atoms with Gasteiger partial charge in [0.1, 0.15) is 5.75 Å². The Morgan fingerprint density at radius 2 is 2.04 bits per heavy atom. The molecule has 2 amide bonds. The molecule has 1 aromatic carbocycles. The number of amides is 2. The average molecular weight is 383 g/mol. The summed E-state index contributed by atoms with van der Waals surface area (Å²) >= 11 is 0. The van der Waals surface area contributed by atoms with Gasteiger partial charge >= 0.3 is 6.03 Å². The van der Waals surface area contributed by atoms with Crippen LogP contribution >= 0.6 is 0 Å². The Balaban J connectivity index is 1.57. The van der Waals surface area contributed by atoms with Gasteiger partial charge in [-0.1, -0.05) is 25.1 Å². The summed E-state index contributed by atoms with van der Waals surface area (Å²) in [6.07, 6.45) is 5.68. The molecule has 6 nitrogen and oxygen atoms in total. The van der Waals surface area contributed by atoms with Crippen LogP contribution in [-0.4, -0.2) is 53.1 Å². The Labute approximate surface area is 167 Å². The third-order valence-electron chi connectivity index (χ3n) is 5.04. The van der Waals surface area contributed by atoms with Crippen LogP contribution in [0.3, 0.4) is 0 Å². The van der Waals surface area contributed by atoms with Gasteiger partial charge in [0.15, 0.2) is 0 Å². The lowest BCUT2D eigenvalue weighted by Gasteiger charge is -2.23. The minimum atomic E-state index is -0.0663. The molecule has 150 valence electrons. The lowest BCUT2D eigenvalue weighted by molar-refractivity contribution is 0.208. The number of ether oxygens (including phenoxy) is 1. The van der Waals surface area contributed by atoms with Crippen LogP contribution < -0.4 is 10.1 Å². The number of rotatable bonds is 6. The molecular weight excluding hydrogens is 352 g/mol. The second-order valence-electron chi connectivity index (χ2n) is 7.24. The van der Waals surface area contributed by atoms with E-state index in [2.05, 4.69) is 28.2 Å². The molecule has 28 heavy (non-hydrogen) atoms. The van der Waals surface area contributed by atoms with Crippen LogP contribution in [0.5, 0.6) is 5.75 Å². The molecule has 2 heterocycles. The molecule has 1 fully saturated rings. The Morgan fingerprint density at radius 1 is 1.18 bits per heavy atom. The number of hydrogen-bond donors (Lipinski definition) is 1. The van der Waals surface area contributed by atoms with E-state index in [9.17, 15) is 4.79 Å². The maximum atomic E-state index is 12.8. The minimum Gasteiger partial charge on any atom is -0.489 e. The van der Waals surface area contributed by atoms with Crippen molar-refractivity contribution < 1.29 is 9.53 Å². The SMILES string of the molecule is CCC(C)Oc1ccccc1NC(=O)N1CCCN(Cc2cccnc2)CC1. The lowest BCUT2D eigenvalue weighted by atomic mass is 10.2. The van der Waals surface area contributed by atoms with Crippen molar-refractivity contribution in [3.8, 4) is 5.75 Å². The highest BCUT2D eigenvalue weighted by molar-refractivity contribution is 5.91. The van der Waals surface area contributed by atoms with Gasteiger partial charge in [-0.05, 0) is 43.5 Å². The highest BCUT2D eigenvalue weighted by Gasteiger charge is 2.20. The summed E-state index contributed by atoms with van der Waals surface area (Å²) in [5.74, 6) is 0.721. The zero-order valence-electron chi connectivity index (χ0n) is 16.8. The van der Waals surface area contributed by atoms with Gasteiger partial charge in [-0.15, -0.1) is 0 Å². The Morgan fingerprint density at radius 3 is 2.82 bits per heavy atom. The first-order chi connectivity index (χ1) is 13.7. The third kappa shape index (κ3) is 5.70. The molecule has 1 aromatic heterocycles.